The first-order chi connectivity index (χ1) is 5.25. The van der Waals surface area contributed by atoms with Crippen molar-refractivity contribution in [3.05, 3.63) is 10.4 Å². The monoisotopic (exact) mass is 156 g/mol. The van der Waals surface area contributed by atoms with Crippen LogP contribution in [0.5, 0.6) is 0 Å². The normalized spacial score (nSPS) is 9.45. The molecule has 0 saturated carbocycles. The summed E-state index contributed by atoms with van der Waals surface area (Å²) in [4.78, 5) is 20.7. The third kappa shape index (κ3) is 1.40. The Balaban J connectivity index is 2.83. The molecule has 1 heterocycles. The highest BCUT2D eigenvalue weighted by molar-refractivity contribution is 5.65. The van der Waals surface area contributed by atoms with Gasteiger partial charge < -0.3 is 15.8 Å². The van der Waals surface area contributed by atoms with Crippen LogP contribution in [0.3, 0.4) is 0 Å². The number of nitrogens with two attached hydrogens (primary N) is 1. The average Bonchev–Trinajstić information content (AvgIpc) is 2.29. The lowest BCUT2D eigenvalue weighted by Gasteiger charge is -1.95. The van der Waals surface area contributed by atoms with Crippen LogP contribution >= 0.6 is 0 Å². The lowest BCUT2D eigenvalue weighted by molar-refractivity contribution is -0.106. The van der Waals surface area contributed by atoms with Crippen LogP contribution < -0.4 is 16.6 Å². The summed E-state index contributed by atoms with van der Waals surface area (Å²) in [5.41, 5.74) is 5.17. The molecule has 1 aromatic rings. The van der Waals surface area contributed by atoms with Crippen molar-refractivity contribution in [2.45, 2.75) is 0 Å². The van der Waals surface area contributed by atoms with Gasteiger partial charge in [0.2, 0.25) is 0 Å². The number of aromatic nitrogens is 2. The van der Waals surface area contributed by atoms with Crippen LogP contribution in [-0.2, 0) is 4.79 Å². The Morgan fingerprint density at radius 1 is 1.55 bits per heavy atom. The molecule has 0 spiro atoms. The highest BCUT2D eigenvalue weighted by Gasteiger charge is 2.03. The Morgan fingerprint density at radius 2 is 2.27 bits per heavy atom. The van der Waals surface area contributed by atoms with Gasteiger partial charge in [0, 0.05) is 0 Å². The maximum absolute atomic E-state index is 10.8. The maximum atomic E-state index is 10.8. The Hall–Kier alpha value is -1.72. The number of anilines is 2. The van der Waals surface area contributed by atoms with E-state index in [9.17, 15) is 9.59 Å². The van der Waals surface area contributed by atoms with E-state index in [2.05, 4.69) is 15.5 Å². The molecule has 0 amide bonds. The Labute approximate surface area is 61.8 Å². The molecule has 0 aliphatic rings. The Kier molecular flexibility index (Phi) is 1.95. The molecule has 0 fully saturated rings. The number of aldehydes is 1. The molecule has 1 aromatic heterocycles. The molecule has 0 aliphatic heterocycles. The van der Waals surface area contributed by atoms with E-state index < -0.39 is 0 Å². The maximum Gasteiger partial charge on any atom is 0.289 e. The predicted molar refractivity (Wildman–Crippen MR) is 40.4 cm³/mol. The summed E-state index contributed by atoms with van der Waals surface area (Å²) < 4.78 is 0. The second-order valence-electron chi connectivity index (χ2n) is 1.92. The van der Waals surface area contributed by atoms with Crippen LogP contribution in [0.2, 0.25) is 0 Å². The van der Waals surface area contributed by atoms with E-state index in [0.717, 1.165) is 0 Å². The van der Waals surface area contributed by atoms with Crippen LogP contribution in [0, 0.1) is 0 Å². The summed E-state index contributed by atoms with van der Waals surface area (Å²) in [7, 11) is 0. The van der Waals surface area contributed by atoms with E-state index >= 15 is 0 Å². The number of aromatic amines is 2. The van der Waals surface area contributed by atoms with Gasteiger partial charge in [-0.2, -0.15) is 0 Å². The van der Waals surface area contributed by atoms with Crippen LogP contribution in [0.25, 0.3) is 0 Å². The molecule has 6 heteroatoms. The van der Waals surface area contributed by atoms with Crippen molar-refractivity contribution in [2.75, 3.05) is 17.6 Å². The van der Waals surface area contributed by atoms with Crippen molar-refractivity contribution in [2.24, 2.45) is 0 Å². The van der Waals surface area contributed by atoms with Crippen LogP contribution in [0.15, 0.2) is 4.79 Å². The van der Waals surface area contributed by atoms with Crippen molar-refractivity contribution in [1.82, 2.24) is 10.2 Å². The molecule has 0 atom stereocenters. The van der Waals surface area contributed by atoms with Gasteiger partial charge in [0.15, 0.2) is 0 Å². The quantitative estimate of drug-likeness (QED) is 0.417. The largest absolute Gasteiger partial charge is 0.382 e. The zero-order valence-electron chi connectivity index (χ0n) is 5.68. The number of carbonyl (C=O) groups is 1. The summed E-state index contributed by atoms with van der Waals surface area (Å²) in [5, 5.41) is 7.21. The van der Waals surface area contributed by atoms with E-state index in [-0.39, 0.29) is 23.6 Å². The molecule has 1 rings (SSSR count). The first kappa shape index (κ1) is 7.39. The molecule has 0 radical (unpaired) electrons. The number of nitrogens with one attached hydrogen (secondary N) is 3. The number of hydrogen-bond donors (Lipinski definition) is 4. The molecule has 60 valence electrons. The molecule has 0 unspecified atom stereocenters. The summed E-state index contributed by atoms with van der Waals surface area (Å²) >= 11 is 0. The summed E-state index contributed by atoms with van der Waals surface area (Å²) in [6.07, 6.45) is 0.645. The molecule has 5 N–H and O–H groups in total. The lowest BCUT2D eigenvalue weighted by Crippen LogP contribution is -2.11. The van der Waals surface area contributed by atoms with Gasteiger partial charge >= 0.3 is 0 Å². The van der Waals surface area contributed by atoms with Crippen molar-refractivity contribution in [3.63, 3.8) is 0 Å². The molecule has 0 aromatic carbocycles. The van der Waals surface area contributed by atoms with Gasteiger partial charge in [-0.15, -0.1) is 0 Å². The fraction of sp³-hybridized carbons (Fsp3) is 0.200. The lowest BCUT2D eigenvalue weighted by atomic mass is 10.5. The molecule has 6 nitrogen and oxygen atoms in total. The predicted octanol–water partition coefficient (Wildman–Crippen LogP) is -1.10. The SMILES string of the molecule is Nc1[nH][nH]c(=O)c1NCC=O. The number of H-pyrrole nitrogens is 2. The van der Waals surface area contributed by atoms with Gasteiger partial charge in [-0.3, -0.25) is 15.0 Å². The standard InChI is InChI=1S/C5H8N4O2/c6-4-3(7-1-2-10)5(11)9-8-4/h2,7H,1H2,(H4,6,8,9,11). The van der Waals surface area contributed by atoms with Crippen molar-refractivity contribution < 1.29 is 4.79 Å². The fourth-order valence-electron chi connectivity index (χ4n) is 0.691. The van der Waals surface area contributed by atoms with Gasteiger partial charge in [0.1, 0.15) is 17.8 Å². The molecular weight excluding hydrogens is 148 g/mol. The second kappa shape index (κ2) is 2.91. The number of carbonyl (C=O) groups excluding carboxylic acids is 1. The van der Waals surface area contributed by atoms with Crippen LogP contribution in [-0.4, -0.2) is 23.0 Å². The third-order valence-corrected chi connectivity index (χ3v) is 1.17. The number of nitrogen functional groups attached to an aromatic ring is 1. The van der Waals surface area contributed by atoms with Crippen LogP contribution in [0.4, 0.5) is 11.5 Å². The zero-order chi connectivity index (χ0) is 8.27. The van der Waals surface area contributed by atoms with Crippen molar-refractivity contribution in [1.29, 1.82) is 0 Å². The minimum atomic E-state index is -0.357. The highest BCUT2D eigenvalue weighted by Crippen LogP contribution is 2.05. The Bertz CT molecular complexity index is 300. The minimum absolute atomic E-state index is 0.0745. The highest BCUT2D eigenvalue weighted by atomic mass is 16.1. The third-order valence-electron chi connectivity index (χ3n) is 1.17. The smallest absolute Gasteiger partial charge is 0.289 e. The first-order valence-electron chi connectivity index (χ1n) is 2.99. The fourth-order valence-corrected chi connectivity index (χ4v) is 0.691. The summed E-state index contributed by atoms with van der Waals surface area (Å²) in [6, 6.07) is 0. The van der Waals surface area contributed by atoms with E-state index in [1.54, 1.807) is 0 Å². The summed E-state index contributed by atoms with van der Waals surface area (Å²) in [6.45, 7) is 0.0745. The zero-order valence-corrected chi connectivity index (χ0v) is 5.68. The Morgan fingerprint density at radius 3 is 2.73 bits per heavy atom. The van der Waals surface area contributed by atoms with Crippen molar-refractivity contribution in [3.8, 4) is 0 Å². The molecular formula is C5H8N4O2. The molecule has 11 heavy (non-hydrogen) atoms. The topological polar surface area (TPSA) is 104 Å². The molecule has 0 aliphatic carbocycles. The van der Waals surface area contributed by atoms with E-state index in [0.29, 0.717) is 6.29 Å². The van der Waals surface area contributed by atoms with Crippen molar-refractivity contribution >= 4 is 17.8 Å². The first-order valence-corrected chi connectivity index (χ1v) is 2.99. The van der Waals surface area contributed by atoms with E-state index in [4.69, 9.17) is 5.73 Å². The molecule has 0 saturated heterocycles. The van der Waals surface area contributed by atoms with E-state index in [1.807, 2.05) is 0 Å². The van der Waals surface area contributed by atoms with Gasteiger partial charge in [-0.25, -0.2) is 0 Å². The summed E-state index contributed by atoms with van der Waals surface area (Å²) in [5.74, 6) is 0.205. The minimum Gasteiger partial charge on any atom is -0.382 e. The van der Waals surface area contributed by atoms with Gasteiger partial charge in [0.25, 0.3) is 5.56 Å². The molecule has 0 bridgehead atoms. The number of hydrogen-bond acceptors (Lipinski definition) is 4. The van der Waals surface area contributed by atoms with Gasteiger partial charge in [-0.1, -0.05) is 0 Å². The van der Waals surface area contributed by atoms with E-state index in [1.165, 1.54) is 0 Å². The average molecular weight is 156 g/mol. The van der Waals surface area contributed by atoms with Gasteiger partial charge in [-0.05, 0) is 0 Å². The van der Waals surface area contributed by atoms with Gasteiger partial charge in [0.05, 0.1) is 6.54 Å². The number of rotatable bonds is 3. The second-order valence-corrected chi connectivity index (χ2v) is 1.92. The van der Waals surface area contributed by atoms with Crippen LogP contribution in [0.1, 0.15) is 0 Å².